The van der Waals surface area contributed by atoms with Crippen molar-refractivity contribution >= 4 is 17.4 Å². The Labute approximate surface area is 175 Å². The van der Waals surface area contributed by atoms with E-state index in [1.165, 1.54) is 77.0 Å². The highest BCUT2D eigenvalue weighted by molar-refractivity contribution is 6.31. The van der Waals surface area contributed by atoms with E-state index in [-0.39, 0.29) is 16.5 Å². The van der Waals surface area contributed by atoms with Gasteiger partial charge in [-0.15, -0.1) is 0 Å². The third-order valence-electron chi connectivity index (χ3n) is 4.89. The molecule has 1 N–H and O–H groups in total. The largest absolute Gasteiger partial charge is 0.367 e. The maximum absolute atomic E-state index is 8.99. The fourth-order valence-electron chi connectivity index (χ4n) is 3.21. The van der Waals surface area contributed by atoms with Crippen LogP contribution in [-0.4, -0.2) is 16.5 Å². The number of anilines is 1. The van der Waals surface area contributed by atoms with Crippen LogP contribution in [0.1, 0.15) is 108 Å². The molecule has 28 heavy (non-hydrogen) atoms. The Morgan fingerprint density at radius 1 is 0.714 bits per heavy atom. The lowest BCUT2D eigenvalue weighted by Crippen LogP contribution is -2.07. The number of halogens is 1. The summed E-state index contributed by atoms with van der Waals surface area (Å²) in [6.45, 7) is 3.00. The molecule has 0 bridgehead atoms. The lowest BCUT2D eigenvalue weighted by Gasteiger charge is -2.07. The van der Waals surface area contributed by atoms with Gasteiger partial charge in [-0.2, -0.15) is 10.5 Å². The van der Waals surface area contributed by atoms with E-state index in [4.69, 9.17) is 22.1 Å². The third kappa shape index (κ3) is 10.5. The predicted molar refractivity (Wildman–Crippen MR) is 115 cm³/mol. The first kappa shape index (κ1) is 24.2. The summed E-state index contributed by atoms with van der Waals surface area (Å²) in [6.07, 6.45) is 18.6. The van der Waals surface area contributed by atoms with Crippen molar-refractivity contribution in [2.75, 3.05) is 11.9 Å². The first-order chi connectivity index (χ1) is 13.7. The molecule has 1 heterocycles. The lowest BCUT2D eigenvalue weighted by atomic mass is 10.0. The summed E-state index contributed by atoms with van der Waals surface area (Å²) in [5.74, 6) is 0.381. The van der Waals surface area contributed by atoms with E-state index in [0.29, 0.717) is 5.82 Å². The van der Waals surface area contributed by atoms with Crippen LogP contribution in [0.2, 0.25) is 5.15 Å². The van der Waals surface area contributed by atoms with Crippen molar-refractivity contribution < 1.29 is 0 Å². The van der Waals surface area contributed by atoms with E-state index >= 15 is 0 Å². The maximum atomic E-state index is 8.99. The van der Waals surface area contributed by atoms with Crippen LogP contribution in [0, 0.1) is 22.7 Å². The molecule has 6 heteroatoms. The van der Waals surface area contributed by atoms with Crippen LogP contribution in [0.4, 0.5) is 5.82 Å². The molecule has 5 nitrogen and oxygen atoms in total. The minimum Gasteiger partial charge on any atom is -0.367 e. The average molecular weight is 404 g/mol. The zero-order chi connectivity index (χ0) is 20.5. The van der Waals surface area contributed by atoms with Gasteiger partial charge >= 0.3 is 0 Å². The van der Waals surface area contributed by atoms with Gasteiger partial charge in [0.25, 0.3) is 0 Å². The highest BCUT2D eigenvalue weighted by Gasteiger charge is 2.11. The minimum atomic E-state index is -0.0328. The fourth-order valence-corrected chi connectivity index (χ4v) is 3.40. The number of hydrogen-bond acceptors (Lipinski definition) is 5. The fraction of sp³-hybridized carbons (Fsp3) is 0.727. The Hall–Kier alpha value is -1.85. The van der Waals surface area contributed by atoms with Crippen LogP contribution in [0.3, 0.4) is 0 Å². The highest BCUT2D eigenvalue weighted by Crippen LogP contribution is 2.19. The van der Waals surface area contributed by atoms with Gasteiger partial charge in [0.2, 0.25) is 0 Å². The Balaban J connectivity index is 1.99. The van der Waals surface area contributed by atoms with E-state index in [0.717, 1.165) is 19.4 Å². The van der Waals surface area contributed by atoms with Gasteiger partial charge in [0.1, 0.15) is 12.1 Å². The van der Waals surface area contributed by atoms with E-state index in [9.17, 15) is 0 Å². The zero-order valence-electron chi connectivity index (χ0n) is 17.3. The molecular formula is C22H34ClN5. The van der Waals surface area contributed by atoms with Crippen LogP contribution in [0.5, 0.6) is 0 Å². The Bertz CT molecular complexity index is 633. The number of aromatic nitrogens is 2. The van der Waals surface area contributed by atoms with Crippen LogP contribution in [-0.2, 0) is 0 Å². The summed E-state index contributed by atoms with van der Waals surface area (Å²) < 4.78 is 0. The summed E-state index contributed by atoms with van der Waals surface area (Å²) in [4.78, 5) is 7.98. The molecule has 0 atom stereocenters. The number of nitrogens with zero attached hydrogens (tertiary/aromatic N) is 4. The van der Waals surface area contributed by atoms with Gasteiger partial charge in [0.15, 0.2) is 22.4 Å². The number of nitriles is 2. The first-order valence-corrected chi connectivity index (χ1v) is 11.2. The van der Waals surface area contributed by atoms with Gasteiger partial charge in [0.05, 0.1) is 0 Å². The molecule has 1 rings (SSSR count). The quantitative estimate of drug-likeness (QED) is 0.308. The topological polar surface area (TPSA) is 85.4 Å². The highest BCUT2D eigenvalue weighted by atomic mass is 35.5. The Morgan fingerprint density at radius 3 is 1.61 bits per heavy atom. The Morgan fingerprint density at radius 2 is 1.14 bits per heavy atom. The van der Waals surface area contributed by atoms with E-state index < -0.39 is 0 Å². The monoisotopic (exact) mass is 403 g/mol. The molecule has 0 aliphatic heterocycles. The van der Waals surface area contributed by atoms with Crippen LogP contribution in [0.15, 0.2) is 0 Å². The van der Waals surface area contributed by atoms with Crippen molar-refractivity contribution in [2.45, 2.75) is 96.8 Å². The van der Waals surface area contributed by atoms with Crippen molar-refractivity contribution in [1.82, 2.24) is 9.97 Å². The van der Waals surface area contributed by atoms with Gasteiger partial charge in [-0.3, -0.25) is 0 Å². The van der Waals surface area contributed by atoms with Crippen LogP contribution in [0.25, 0.3) is 0 Å². The molecule has 0 fully saturated rings. The molecule has 0 aromatic carbocycles. The second-order valence-electron chi connectivity index (χ2n) is 7.31. The van der Waals surface area contributed by atoms with Gasteiger partial charge in [0, 0.05) is 6.54 Å². The second kappa shape index (κ2) is 16.1. The molecule has 0 saturated carbocycles. The van der Waals surface area contributed by atoms with Crippen molar-refractivity contribution in [3.63, 3.8) is 0 Å². The molecule has 154 valence electrons. The van der Waals surface area contributed by atoms with Crippen molar-refractivity contribution in [2.24, 2.45) is 0 Å². The van der Waals surface area contributed by atoms with Crippen molar-refractivity contribution in [1.29, 1.82) is 10.5 Å². The lowest BCUT2D eigenvalue weighted by molar-refractivity contribution is 0.537. The number of unbranched alkanes of at least 4 members (excludes halogenated alkanes) is 13. The van der Waals surface area contributed by atoms with E-state index in [2.05, 4.69) is 22.2 Å². The summed E-state index contributed by atoms with van der Waals surface area (Å²) >= 11 is 6.01. The second-order valence-corrected chi connectivity index (χ2v) is 7.66. The smallest absolute Gasteiger partial charge is 0.179 e. The number of hydrogen-bond donors (Lipinski definition) is 1. The van der Waals surface area contributed by atoms with Gasteiger partial charge in [-0.05, 0) is 6.42 Å². The van der Waals surface area contributed by atoms with Crippen molar-refractivity contribution in [3.05, 3.63) is 16.5 Å². The number of rotatable bonds is 16. The average Bonchev–Trinajstić information content (AvgIpc) is 2.71. The molecule has 1 aromatic heterocycles. The van der Waals surface area contributed by atoms with E-state index in [1.54, 1.807) is 0 Å². The third-order valence-corrected chi connectivity index (χ3v) is 5.15. The number of nitrogens with one attached hydrogen (secondary N) is 1. The predicted octanol–water partition coefficient (Wildman–Crippen LogP) is 6.77. The molecule has 0 unspecified atom stereocenters. The minimum absolute atomic E-state index is 0.00959. The molecule has 0 radical (unpaired) electrons. The Kier molecular flexibility index (Phi) is 13.9. The molecular weight excluding hydrogens is 370 g/mol. The molecule has 0 spiro atoms. The summed E-state index contributed by atoms with van der Waals surface area (Å²) in [5.41, 5.74) is -0.0232. The van der Waals surface area contributed by atoms with Gasteiger partial charge in [-0.25, -0.2) is 9.97 Å². The molecule has 0 aliphatic carbocycles. The van der Waals surface area contributed by atoms with Gasteiger partial charge < -0.3 is 5.32 Å². The van der Waals surface area contributed by atoms with Crippen LogP contribution < -0.4 is 5.32 Å². The normalized spacial score (nSPS) is 10.4. The summed E-state index contributed by atoms with van der Waals surface area (Å²) in [5, 5.41) is 21.1. The standard InChI is InChI=1S/C22H34ClN5/c1-2-3-4-5-6-7-8-9-10-11-12-13-14-15-16-26-22-21(23)27-19(17-24)20(18-25)28-22/h2-16H2,1H3,(H,26,28). The molecule has 0 saturated heterocycles. The molecule has 0 aliphatic rings. The molecule has 0 amide bonds. The maximum Gasteiger partial charge on any atom is 0.179 e. The van der Waals surface area contributed by atoms with Crippen molar-refractivity contribution in [3.8, 4) is 12.1 Å². The summed E-state index contributed by atoms with van der Waals surface area (Å²) in [6, 6.07) is 3.70. The van der Waals surface area contributed by atoms with E-state index in [1.807, 2.05) is 12.1 Å². The van der Waals surface area contributed by atoms with Crippen LogP contribution >= 0.6 is 11.6 Å². The summed E-state index contributed by atoms with van der Waals surface area (Å²) in [7, 11) is 0. The SMILES string of the molecule is CCCCCCCCCCCCCCCCNc1nc(C#N)c(C#N)nc1Cl. The first-order valence-electron chi connectivity index (χ1n) is 10.8. The molecule has 1 aromatic rings. The zero-order valence-corrected chi connectivity index (χ0v) is 18.0. The van der Waals surface area contributed by atoms with Gasteiger partial charge in [-0.1, -0.05) is 102 Å².